The van der Waals surface area contributed by atoms with Crippen LogP contribution in [0.25, 0.3) is 10.9 Å². The van der Waals surface area contributed by atoms with Crippen LogP contribution in [-0.2, 0) is 4.79 Å². The molecule has 1 aliphatic carbocycles. The largest absolute Gasteiger partial charge is 0.326 e. The van der Waals surface area contributed by atoms with Gasteiger partial charge in [-0.25, -0.2) is 0 Å². The monoisotopic (exact) mass is 215 g/mol. The Morgan fingerprint density at radius 2 is 2.38 bits per heavy atom. The molecule has 3 rings (SSSR count). The van der Waals surface area contributed by atoms with Gasteiger partial charge < -0.3 is 5.32 Å². The molecule has 0 unspecified atom stereocenters. The van der Waals surface area contributed by atoms with Crippen LogP contribution in [0.5, 0.6) is 0 Å². The van der Waals surface area contributed by atoms with Gasteiger partial charge in [-0.2, -0.15) is 5.10 Å². The summed E-state index contributed by atoms with van der Waals surface area (Å²) in [5.74, 6) is 0.882. The molecule has 16 heavy (non-hydrogen) atoms. The van der Waals surface area contributed by atoms with Crippen molar-refractivity contribution in [1.82, 2.24) is 10.2 Å². The molecule has 1 aliphatic rings. The molecule has 4 heteroatoms. The van der Waals surface area contributed by atoms with E-state index in [1.807, 2.05) is 18.2 Å². The number of carbonyl (C=O) groups excluding carboxylic acids is 1. The molecule has 1 fully saturated rings. The SMILES string of the molecule is C[C@H]1C[C@@H]1C(=O)Nc1ccc2[nH]ncc2c1. The molecular formula is C12H13N3O. The molecule has 1 amide bonds. The smallest absolute Gasteiger partial charge is 0.227 e. The lowest BCUT2D eigenvalue weighted by Crippen LogP contribution is -2.14. The zero-order valence-corrected chi connectivity index (χ0v) is 9.03. The number of hydrogen-bond acceptors (Lipinski definition) is 2. The summed E-state index contributed by atoms with van der Waals surface area (Å²) >= 11 is 0. The van der Waals surface area contributed by atoms with Crippen molar-refractivity contribution in [3.8, 4) is 0 Å². The average molecular weight is 215 g/mol. The molecule has 0 saturated heterocycles. The molecule has 2 aromatic rings. The topological polar surface area (TPSA) is 57.8 Å². The molecule has 0 radical (unpaired) electrons. The number of fused-ring (bicyclic) bond motifs is 1. The molecule has 1 heterocycles. The Morgan fingerprint density at radius 3 is 3.12 bits per heavy atom. The number of benzene rings is 1. The number of hydrogen-bond donors (Lipinski definition) is 2. The predicted octanol–water partition coefficient (Wildman–Crippen LogP) is 2.16. The van der Waals surface area contributed by atoms with Crippen molar-refractivity contribution in [2.45, 2.75) is 13.3 Å². The van der Waals surface area contributed by atoms with E-state index in [-0.39, 0.29) is 11.8 Å². The van der Waals surface area contributed by atoms with Gasteiger partial charge in [0.15, 0.2) is 0 Å². The molecule has 2 N–H and O–H groups in total. The number of anilines is 1. The molecule has 4 nitrogen and oxygen atoms in total. The van der Waals surface area contributed by atoms with E-state index in [0.29, 0.717) is 5.92 Å². The van der Waals surface area contributed by atoms with Crippen LogP contribution in [0.1, 0.15) is 13.3 Å². The number of aromatic nitrogens is 2. The number of rotatable bonds is 2. The Balaban J connectivity index is 1.80. The number of carbonyl (C=O) groups is 1. The molecule has 1 aromatic heterocycles. The zero-order chi connectivity index (χ0) is 11.1. The van der Waals surface area contributed by atoms with Crippen LogP contribution in [0.15, 0.2) is 24.4 Å². The predicted molar refractivity (Wildman–Crippen MR) is 62.0 cm³/mol. The molecule has 2 atom stereocenters. The maximum absolute atomic E-state index is 11.7. The van der Waals surface area contributed by atoms with Crippen molar-refractivity contribution in [3.63, 3.8) is 0 Å². The third-order valence-electron chi connectivity index (χ3n) is 3.15. The Morgan fingerprint density at radius 1 is 1.56 bits per heavy atom. The minimum absolute atomic E-state index is 0.135. The Labute approximate surface area is 93.0 Å². The average Bonchev–Trinajstić information content (AvgIpc) is 2.83. The van der Waals surface area contributed by atoms with Crippen molar-refractivity contribution in [2.75, 3.05) is 5.32 Å². The van der Waals surface area contributed by atoms with Crippen molar-refractivity contribution in [2.24, 2.45) is 11.8 Å². The lowest BCUT2D eigenvalue weighted by Gasteiger charge is -2.03. The minimum atomic E-state index is 0.135. The highest BCUT2D eigenvalue weighted by Crippen LogP contribution is 2.38. The number of H-pyrrole nitrogens is 1. The lowest BCUT2D eigenvalue weighted by atomic mass is 10.2. The second-order valence-corrected chi connectivity index (χ2v) is 4.48. The van der Waals surface area contributed by atoms with Crippen LogP contribution in [0.3, 0.4) is 0 Å². The van der Waals surface area contributed by atoms with Crippen LogP contribution < -0.4 is 5.32 Å². The lowest BCUT2D eigenvalue weighted by molar-refractivity contribution is -0.117. The molecule has 1 aromatic carbocycles. The van der Waals surface area contributed by atoms with Crippen LogP contribution in [0, 0.1) is 11.8 Å². The van der Waals surface area contributed by atoms with Gasteiger partial charge >= 0.3 is 0 Å². The van der Waals surface area contributed by atoms with E-state index < -0.39 is 0 Å². The minimum Gasteiger partial charge on any atom is -0.326 e. The van der Waals surface area contributed by atoms with Gasteiger partial charge in [-0.15, -0.1) is 0 Å². The normalized spacial score (nSPS) is 23.3. The van der Waals surface area contributed by atoms with Crippen molar-refractivity contribution >= 4 is 22.5 Å². The number of nitrogens with zero attached hydrogens (tertiary/aromatic N) is 1. The second-order valence-electron chi connectivity index (χ2n) is 4.48. The fourth-order valence-electron chi connectivity index (χ4n) is 1.94. The Bertz CT molecular complexity index is 546. The number of amides is 1. The molecule has 0 aliphatic heterocycles. The van der Waals surface area contributed by atoms with E-state index >= 15 is 0 Å². The first-order valence-corrected chi connectivity index (χ1v) is 5.48. The number of aromatic amines is 1. The van der Waals surface area contributed by atoms with Crippen molar-refractivity contribution < 1.29 is 4.79 Å². The van der Waals surface area contributed by atoms with E-state index in [0.717, 1.165) is 23.0 Å². The summed E-state index contributed by atoms with van der Waals surface area (Å²) in [7, 11) is 0. The Hall–Kier alpha value is -1.84. The van der Waals surface area contributed by atoms with Gasteiger partial charge in [0, 0.05) is 17.0 Å². The fourth-order valence-corrected chi connectivity index (χ4v) is 1.94. The summed E-state index contributed by atoms with van der Waals surface area (Å²) in [5.41, 5.74) is 1.83. The van der Waals surface area contributed by atoms with Crippen LogP contribution in [-0.4, -0.2) is 16.1 Å². The summed E-state index contributed by atoms with van der Waals surface area (Å²) < 4.78 is 0. The molecule has 0 bridgehead atoms. The van der Waals surface area contributed by atoms with Gasteiger partial charge in [0.1, 0.15) is 0 Å². The molecule has 82 valence electrons. The van der Waals surface area contributed by atoms with Crippen LogP contribution in [0.2, 0.25) is 0 Å². The van der Waals surface area contributed by atoms with Gasteiger partial charge in [-0.05, 0) is 30.5 Å². The van der Waals surface area contributed by atoms with Crippen LogP contribution in [0.4, 0.5) is 5.69 Å². The number of nitrogens with one attached hydrogen (secondary N) is 2. The Kier molecular flexibility index (Phi) is 1.96. The maximum atomic E-state index is 11.7. The zero-order valence-electron chi connectivity index (χ0n) is 9.03. The highest BCUT2D eigenvalue weighted by Gasteiger charge is 2.38. The quantitative estimate of drug-likeness (QED) is 0.806. The van der Waals surface area contributed by atoms with Crippen molar-refractivity contribution in [1.29, 1.82) is 0 Å². The van der Waals surface area contributed by atoms with Gasteiger partial charge in [-0.1, -0.05) is 6.92 Å². The highest BCUT2D eigenvalue weighted by atomic mass is 16.2. The third kappa shape index (κ3) is 1.56. The van der Waals surface area contributed by atoms with E-state index in [1.165, 1.54) is 0 Å². The van der Waals surface area contributed by atoms with Gasteiger partial charge in [-0.3, -0.25) is 9.89 Å². The summed E-state index contributed by atoms with van der Waals surface area (Å²) in [6, 6.07) is 5.75. The van der Waals surface area contributed by atoms with E-state index in [1.54, 1.807) is 6.20 Å². The molecular weight excluding hydrogens is 202 g/mol. The summed E-state index contributed by atoms with van der Waals surface area (Å²) in [5, 5.41) is 10.8. The highest BCUT2D eigenvalue weighted by molar-refractivity contribution is 5.96. The first kappa shape index (κ1) is 9.39. The first-order valence-electron chi connectivity index (χ1n) is 5.48. The second kappa shape index (κ2) is 3.33. The standard InChI is InChI=1S/C12H13N3O/c1-7-4-10(7)12(16)14-9-2-3-11-8(5-9)6-13-15-11/h2-3,5-7,10H,4H2,1H3,(H,13,15)(H,14,16)/t7-,10-/m0/s1. The maximum Gasteiger partial charge on any atom is 0.227 e. The van der Waals surface area contributed by atoms with E-state index in [2.05, 4.69) is 22.4 Å². The van der Waals surface area contributed by atoms with Crippen molar-refractivity contribution in [3.05, 3.63) is 24.4 Å². The summed E-state index contributed by atoms with van der Waals surface area (Å²) in [6.45, 7) is 2.10. The van der Waals surface area contributed by atoms with Gasteiger partial charge in [0.2, 0.25) is 5.91 Å². The molecule has 1 saturated carbocycles. The van der Waals surface area contributed by atoms with E-state index in [9.17, 15) is 4.79 Å². The van der Waals surface area contributed by atoms with Gasteiger partial charge in [0.05, 0.1) is 11.7 Å². The fraction of sp³-hybridized carbons (Fsp3) is 0.333. The third-order valence-corrected chi connectivity index (χ3v) is 3.15. The van der Waals surface area contributed by atoms with Crippen LogP contribution >= 0.6 is 0 Å². The summed E-state index contributed by atoms with van der Waals surface area (Å²) in [4.78, 5) is 11.7. The van der Waals surface area contributed by atoms with E-state index in [4.69, 9.17) is 0 Å². The summed E-state index contributed by atoms with van der Waals surface area (Å²) in [6.07, 6.45) is 2.77. The molecule has 0 spiro atoms. The first-order chi connectivity index (χ1) is 7.74. The van der Waals surface area contributed by atoms with Gasteiger partial charge in [0.25, 0.3) is 0 Å².